The van der Waals surface area contributed by atoms with Crippen LogP contribution in [0.5, 0.6) is 5.75 Å². The molecule has 0 N–H and O–H groups in total. The maximum Gasteiger partial charge on any atom is 0.224 e. The highest BCUT2D eigenvalue weighted by atomic mass is 32.2. The number of furan rings is 1. The van der Waals surface area contributed by atoms with Gasteiger partial charge in [-0.15, -0.1) is 0 Å². The highest BCUT2D eigenvalue weighted by Gasteiger charge is 2.39. The van der Waals surface area contributed by atoms with Gasteiger partial charge in [0, 0.05) is 6.07 Å². The Labute approximate surface area is 158 Å². The first-order valence-electron chi connectivity index (χ1n) is 8.98. The van der Waals surface area contributed by atoms with E-state index in [1.54, 1.807) is 19.1 Å². The van der Waals surface area contributed by atoms with E-state index < -0.39 is 9.84 Å². The first-order valence-corrected chi connectivity index (χ1v) is 10.5. The largest absolute Gasteiger partial charge is 0.491 e. The molecule has 27 heavy (non-hydrogen) atoms. The Hall–Kier alpha value is -2.73. The average molecular weight is 381 g/mol. The molecule has 2 aliphatic rings. The van der Waals surface area contributed by atoms with E-state index in [1.165, 1.54) is 0 Å². The van der Waals surface area contributed by atoms with Gasteiger partial charge >= 0.3 is 0 Å². The summed E-state index contributed by atoms with van der Waals surface area (Å²) in [6.45, 7) is 4.31. The van der Waals surface area contributed by atoms with E-state index >= 15 is 0 Å². The molecule has 138 valence electrons. The summed E-state index contributed by atoms with van der Waals surface area (Å²) in [7, 11) is -3.64. The molecule has 0 atom stereocenters. The summed E-state index contributed by atoms with van der Waals surface area (Å²) in [6, 6.07) is 13.1. The maximum absolute atomic E-state index is 13.2. The van der Waals surface area contributed by atoms with Crippen LogP contribution >= 0.6 is 0 Å². The van der Waals surface area contributed by atoms with Gasteiger partial charge in [-0.25, -0.2) is 8.42 Å². The van der Waals surface area contributed by atoms with Crippen molar-refractivity contribution < 1.29 is 17.6 Å². The average Bonchev–Trinajstić information content (AvgIpc) is 3.05. The van der Waals surface area contributed by atoms with Gasteiger partial charge in [-0.3, -0.25) is 4.90 Å². The fourth-order valence-corrected chi connectivity index (χ4v) is 5.56. The van der Waals surface area contributed by atoms with Crippen LogP contribution in [-0.4, -0.2) is 15.0 Å². The number of sulfone groups is 1. The number of nitrogens with zero attached hydrogens (tertiary/aromatic N) is 1. The molecule has 0 amide bonds. The SMILES string of the molecule is Cc1ccc2c(c1)S(=O)(=O)c1cc(C)oc1N2c1cccc2c1OCCC2. The van der Waals surface area contributed by atoms with Crippen molar-refractivity contribution in [3.63, 3.8) is 0 Å². The number of benzene rings is 2. The van der Waals surface area contributed by atoms with E-state index in [0.717, 1.165) is 35.4 Å². The van der Waals surface area contributed by atoms with E-state index in [-0.39, 0.29) is 4.90 Å². The van der Waals surface area contributed by atoms with Gasteiger partial charge in [0.05, 0.1) is 22.9 Å². The van der Waals surface area contributed by atoms with Crippen LogP contribution in [-0.2, 0) is 16.3 Å². The normalized spacial score (nSPS) is 16.9. The number of anilines is 3. The molecule has 3 heterocycles. The van der Waals surface area contributed by atoms with Crippen molar-refractivity contribution in [1.29, 1.82) is 0 Å². The first kappa shape index (κ1) is 16.4. The van der Waals surface area contributed by atoms with Crippen molar-refractivity contribution >= 4 is 27.1 Å². The van der Waals surface area contributed by atoms with Gasteiger partial charge in [0.1, 0.15) is 16.4 Å². The Morgan fingerprint density at radius 3 is 2.70 bits per heavy atom. The monoisotopic (exact) mass is 381 g/mol. The highest BCUT2D eigenvalue weighted by Crippen LogP contribution is 2.52. The fourth-order valence-electron chi connectivity index (χ4n) is 3.86. The van der Waals surface area contributed by atoms with Crippen LogP contribution < -0.4 is 9.64 Å². The number of fused-ring (bicyclic) bond motifs is 3. The number of hydrogen-bond acceptors (Lipinski definition) is 5. The van der Waals surface area contributed by atoms with Gasteiger partial charge in [-0.1, -0.05) is 18.2 Å². The Balaban J connectivity index is 1.85. The molecule has 0 saturated carbocycles. The molecule has 5 rings (SSSR count). The van der Waals surface area contributed by atoms with Crippen molar-refractivity contribution in [2.24, 2.45) is 0 Å². The number of para-hydroxylation sites is 1. The molecule has 0 bridgehead atoms. The van der Waals surface area contributed by atoms with Crippen molar-refractivity contribution in [3.8, 4) is 5.75 Å². The summed E-state index contributed by atoms with van der Waals surface area (Å²) >= 11 is 0. The summed E-state index contributed by atoms with van der Waals surface area (Å²) in [5.41, 5.74) is 3.42. The molecule has 5 nitrogen and oxygen atoms in total. The van der Waals surface area contributed by atoms with Gasteiger partial charge in [0.2, 0.25) is 15.7 Å². The molecule has 6 heteroatoms. The zero-order valence-corrected chi connectivity index (χ0v) is 16.0. The van der Waals surface area contributed by atoms with Crippen molar-refractivity contribution in [1.82, 2.24) is 0 Å². The Bertz CT molecular complexity index is 1180. The van der Waals surface area contributed by atoms with Crippen LogP contribution in [0.4, 0.5) is 17.3 Å². The summed E-state index contributed by atoms with van der Waals surface area (Å²) in [5.74, 6) is 1.69. The second kappa shape index (κ2) is 5.63. The van der Waals surface area contributed by atoms with E-state index in [2.05, 4.69) is 6.07 Å². The third-order valence-electron chi connectivity index (χ3n) is 5.09. The van der Waals surface area contributed by atoms with E-state index in [0.29, 0.717) is 28.8 Å². The second-order valence-electron chi connectivity index (χ2n) is 7.05. The van der Waals surface area contributed by atoms with Crippen molar-refractivity contribution in [2.45, 2.75) is 36.5 Å². The molecule has 0 fully saturated rings. The Kier molecular flexibility index (Phi) is 3.43. The lowest BCUT2D eigenvalue weighted by Crippen LogP contribution is -2.22. The molecule has 0 radical (unpaired) electrons. The quantitative estimate of drug-likeness (QED) is 0.472. The van der Waals surface area contributed by atoms with Crippen LogP contribution in [0, 0.1) is 13.8 Å². The lowest BCUT2D eigenvalue weighted by Gasteiger charge is -2.32. The molecule has 0 unspecified atom stereocenters. The fraction of sp³-hybridized carbons (Fsp3) is 0.238. The summed E-state index contributed by atoms with van der Waals surface area (Å²) in [4.78, 5) is 2.37. The minimum atomic E-state index is -3.64. The van der Waals surface area contributed by atoms with Gasteiger partial charge in [-0.2, -0.15) is 0 Å². The van der Waals surface area contributed by atoms with Gasteiger partial charge in [0.15, 0.2) is 0 Å². The van der Waals surface area contributed by atoms with Gasteiger partial charge in [-0.05, 0) is 56.0 Å². The molecule has 1 aromatic heterocycles. The Morgan fingerprint density at radius 1 is 1.00 bits per heavy atom. The van der Waals surface area contributed by atoms with Crippen LogP contribution in [0.3, 0.4) is 0 Å². The first-order chi connectivity index (χ1) is 13.0. The molecular formula is C21H19NO4S. The van der Waals surface area contributed by atoms with Crippen LogP contribution in [0.2, 0.25) is 0 Å². The summed E-state index contributed by atoms with van der Waals surface area (Å²) in [5, 5.41) is 0. The van der Waals surface area contributed by atoms with Crippen LogP contribution in [0.25, 0.3) is 0 Å². The molecule has 2 aromatic carbocycles. The van der Waals surface area contributed by atoms with Crippen LogP contribution in [0.1, 0.15) is 23.3 Å². The molecule has 0 aliphatic carbocycles. The summed E-state index contributed by atoms with van der Waals surface area (Å²) in [6.07, 6.45) is 1.92. The third kappa shape index (κ3) is 2.33. The van der Waals surface area contributed by atoms with Crippen LogP contribution in [0.15, 0.2) is 56.7 Å². The minimum absolute atomic E-state index is 0.200. The standard InChI is InChI=1S/C21H19NO4S/c1-13-8-9-16-18(11-13)27(23,24)19-12-14(2)26-21(19)22(16)17-7-3-5-15-6-4-10-25-20(15)17/h3,5,7-9,11-12H,4,6,10H2,1-2H3. The topological polar surface area (TPSA) is 59.8 Å². The molecule has 0 spiro atoms. The molecule has 0 saturated heterocycles. The van der Waals surface area contributed by atoms with E-state index in [4.69, 9.17) is 9.15 Å². The second-order valence-corrected chi connectivity index (χ2v) is 8.94. The van der Waals surface area contributed by atoms with Crippen molar-refractivity contribution in [2.75, 3.05) is 11.5 Å². The number of ether oxygens (including phenoxy) is 1. The van der Waals surface area contributed by atoms with E-state index in [9.17, 15) is 8.42 Å². The third-order valence-corrected chi connectivity index (χ3v) is 6.87. The predicted octanol–water partition coefficient (Wildman–Crippen LogP) is 4.84. The maximum atomic E-state index is 13.2. The number of rotatable bonds is 1. The van der Waals surface area contributed by atoms with Gasteiger partial charge in [0.25, 0.3) is 0 Å². The minimum Gasteiger partial charge on any atom is -0.491 e. The smallest absolute Gasteiger partial charge is 0.224 e. The number of aryl methyl sites for hydroxylation is 3. The molecular weight excluding hydrogens is 362 g/mol. The zero-order chi connectivity index (χ0) is 18.8. The van der Waals surface area contributed by atoms with E-state index in [1.807, 2.05) is 36.1 Å². The molecule has 2 aliphatic heterocycles. The highest BCUT2D eigenvalue weighted by molar-refractivity contribution is 7.92. The lowest BCUT2D eigenvalue weighted by atomic mass is 10.0. The predicted molar refractivity (Wildman–Crippen MR) is 102 cm³/mol. The summed E-state index contributed by atoms with van der Waals surface area (Å²) < 4.78 is 38.3. The zero-order valence-electron chi connectivity index (χ0n) is 15.2. The molecule has 3 aromatic rings. The van der Waals surface area contributed by atoms with Gasteiger partial charge < -0.3 is 9.15 Å². The van der Waals surface area contributed by atoms with Crippen molar-refractivity contribution in [3.05, 3.63) is 59.4 Å². The number of hydrogen-bond donors (Lipinski definition) is 0. The Morgan fingerprint density at radius 2 is 1.85 bits per heavy atom. The lowest BCUT2D eigenvalue weighted by molar-refractivity contribution is 0.289.